The van der Waals surface area contributed by atoms with Gasteiger partial charge in [0, 0.05) is 18.7 Å². The fraction of sp³-hybridized carbons (Fsp3) is 0.769. The molecule has 0 bridgehead atoms. The summed E-state index contributed by atoms with van der Waals surface area (Å²) in [6.07, 6.45) is 7.47. The Labute approximate surface area is 120 Å². The Balaban J connectivity index is 2.50. The number of allylic oxidation sites excluding steroid dienone is 1. The van der Waals surface area contributed by atoms with E-state index in [0.29, 0.717) is 6.04 Å². The summed E-state index contributed by atoms with van der Waals surface area (Å²) >= 11 is 0. The van der Waals surface area contributed by atoms with Crippen LogP contribution in [0.4, 0.5) is 0 Å². The molecule has 0 heterocycles. The first-order valence-electron chi connectivity index (χ1n) is 6.92. The number of ether oxygens (including phenoxy) is 1. The molecule has 0 spiro atoms. The van der Waals surface area contributed by atoms with Crippen LogP contribution in [0.3, 0.4) is 0 Å². The molecule has 1 rings (SSSR count). The van der Waals surface area contributed by atoms with Crippen LogP contribution in [0.5, 0.6) is 0 Å². The molecule has 0 aromatic heterocycles. The number of esters is 1. The van der Waals surface area contributed by atoms with Gasteiger partial charge in [0.1, 0.15) is 11.9 Å². The van der Waals surface area contributed by atoms with Gasteiger partial charge in [-0.1, -0.05) is 25.3 Å². The lowest BCUT2D eigenvalue weighted by atomic mass is 9.95. The second-order valence-corrected chi connectivity index (χ2v) is 6.55. The van der Waals surface area contributed by atoms with E-state index >= 15 is 0 Å². The second-order valence-electron chi connectivity index (χ2n) is 5.05. The van der Waals surface area contributed by atoms with Crippen LogP contribution < -0.4 is 5.32 Å². The maximum atomic E-state index is 11.4. The highest BCUT2D eigenvalue weighted by atomic mass is 32.2. The average molecular weight is 305 g/mol. The topological polar surface area (TPSA) is 92.7 Å². The molecular formula is C13H23NO5S. The maximum Gasteiger partial charge on any atom is 0.330 e. The molecule has 0 aliphatic heterocycles. The first-order chi connectivity index (χ1) is 9.40. The number of hydrogen-bond donors (Lipinski definition) is 2. The van der Waals surface area contributed by atoms with Gasteiger partial charge in [-0.3, -0.25) is 4.55 Å². The third-order valence-corrected chi connectivity index (χ3v) is 4.01. The Morgan fingerprint density at radius 3 is 2.60 bits per heavy atom. The van der Waals surface area contributed by atoms with Crippen molar-refractivity contribution in [3.8, 4) is 0 Å². The van der Waals surface area contributed by atoms with Crippen molar-refractivity contribution in [2.45, 2.75) is 51.2 Å². The third-order valence-electron chi connectivity index (χ3n) is 3.22. The van der Waals surface area contributed by atoms with E-state index < -0.39 is 27.9 Å². The summed E-state index contributed by atoms with van der Waals surface area (Å²) in [4.78, 5) is 11.4. The Morgan fingerprint density at radius 1 is 1.40 bits per heavy atom. The van der Waals surface area contributed by atoms with Gasteiger partial charge in [0.15, 0.2) is 0 Å². The number of rotatable bonds is 7. The molecule has 1 atom stereocenters. The maximum absolute atomic E-state index is 11.4. The lowest BCUT2D eigenvalue weighted by Gasteiger charge is -2.25. The lowest BCUT2D eigenvalue weighted by molar-refractivity contribution is -0.141. The molecule has 6 nitrogen and oxygen atoms in total. The van der Waals surface area contributed by atoms with E-state index in [1.807, 2.05) is 0 Å². The van der Waals surface area contributed by atoms with Gasteiger partial charge in [-0.15, -0.1) is 0 Å². The molecule has 1 aliphatic carbocycles. The van der Waals surface area contributed by atoms with Crippen LogP contribution in [0.2, 0.25) is 0 Å². The van der Waals surface area contributed by atoms with Crippen molar-refractivity contribution < 1.29 is 22.5 Å². The zero-order chi connectivity index (χ0) is 15.0. The molecule has 0 aromatic rings. The minimum Gasteiger partial charge on any atom is -0.457 e. The van der Waals surface area contributed by atoms with Crippen LogP contribution in [-0.2, 0) is 19.6 Å². The monoisotopic (exact) mass is 305 g/mol. The predicted molar refractivity (Wildman–Crippen MR) is 76.0 cm³/mol. The molecule has 1 saturated carbocycles. The van der Waals surface area contributed by atoms with Crippen molar-refractivity contribution in [1.82, 2.24) is 5.32 Å². The molecule has 0 radical (unpaired) electrons. The quantitative estimate of drug-likeness (QED) is 0.418. The molecule has 1 aliphatic rings. The number of hydrogen-bond acceptors (Lipinski definition) is 5. The first-order valence-corrected chi connectivity index (χ1v) is 8.53. The van der Waals surface area contributed by atoms with Crippen LogP contribution in [0.25, 0.3) is 0 Å². The van der Waals surface area contributed by atoms with E-state index in [1.54, 1.807) is 6.92 Å². The van der Waals surface area contributed by atoms with Crippen LogP contribution in [0.15, 0.2) is 12.2 Å². The summed E-state index contributed by atoms with van der Waals surface area (Å²) < 4.78 is 35.8. The van der Waals surface area contributed by atoms with Crippen LogP contribution in [0.1, 0.15) is 39.0 Å². The van der Waals surface area contributed by atoms with E-state index in [9.17, 15) is 13.2 Å². The van der Waals surface area contributed by atoms with Crippen LogP contribution in [-0.4, -0.2) is 43.4 Å². The van der Waals surface area contributed by atoms with Gasteiger partial charge in [-0.25, -0.2) is 4.79 Å². The Kier molecular flexibility index (Phi) is 7.18. The number of carbonyl (C=O) groups excluding carboxylic acids is 1. The van der Waals surface area contributed by atoms with E-state index in [0.717, 1.165) is 25.7 Å². The standard InChI is InChI=1S/C13H23NO5S/c1-2-6-13(15)19-12(10-20(16,17)18)9-14-11-7-4-3-5-8-11/h2,6,11-12,14H,3-5,7-10H2,1H3,(H,16,17,18)/b6-2+. The summed E-state index contributed by atoms with van der Waals surface area (Å²) in [5, 5.41) is 3.21. The summed E-state index contributed by atoms with van der Waals surface area (Å²) in [5.41, 5.74) is 0. The van der Waals surface area contributed by atoms with Crippen molar-refractivity contribution in [3.63, 3.8) is 0 Å². The zero-order valence-corrected chi connectivity index (χ0v) is 12.6. The number of carbonyl (C=O) groups is 1. The van der Waals surface area contributed by atoms with Crippen molar-refractivity contribution in [2.24, 2.45) is 0 Å². The highest BCUT2D eigenvalue weighted by molar-refractivity contribution is 7.85. The van der Waals surface area contributed by atoms with Crippen molar-refractivity contribution in [3.05, 3.63) is 12.2 Å². The third kappa shape index (κ3) is 7.62. The van der Waals surface area contributed by atoms with Crippen LogP contribution in [0, 0.1) is 0 Å². The normalized spacial score (nSPS) is 19.1. The van der Waals surface area contributed by atoms with E-state index in [2.05, 4.69) is 5.32 Å². The Hall–Kier alpha value is -0.920. The highest BCUT2D eigenvalue weighted by Gasteiger charge is 2.22. The van der Waals surface area contributed by atoms with Gasteiger partial charge in [0.2, 0.25) is 0 Å². The highest BCUT2D eigenvalue weighted by Crippen LogP contribution is 2.17. The molecule has 1 unspecified atom stereocenters. The molecule has 1 fully saturated rings. The van der Waals surface area contributed by atoms with Gasteiger partial charge in [-0.2, -0.15) is 8.42 Å². The van der Waals surface area contributed by atoms with E-state index in [-0.39, 0.29) is 6.54 Å². The second kappa shape index (κ2) is 8.39. The van der Waals surface area contributed by atoms with Gasteiger partial charge >= 0.3 is 5.97 Å². The van der Waals surface area contributed by atoms with Gasteiger partial charge in [0.25, 0.3) is 10.1 Å². The summed E-state index contributed by atoms with van der Waals surface area (Å²) in [6.45, 7) is 1.90. The SMILES string of the molecule is C/C=C/C(=O)OC(CNC1CCCCC1)CS(=O)(=O)O. The van der Waals surface area contributed by atoms with Gasteiger partial charge in [-0.05, 0) is 19.8 Å². The molecule has 2 N–H and O–H groups in total. The molecule has 7 heteroatoms. The number of nitrogens with one attached hydrogen (secondary N) is 1. The fourth-order valence-electron chi connectivity index (χ4n) is 2.31. The van der Waals surface area contributed by atoms with Gasteiger partial charge in [0.05, 0.1) is 0 Å². The minimum absolute atomic E-state index is 0.230. The lowest BCUT2D eigenvalue weighted by Crippen LogP contribution is -2.41. The summed E-state index contributed by atoms with van der Waals surface area (Å²) in [6, 6.07) is 0.327. The molecule has 0 amide bonds. The van der Waals surface area contributed by atoms with E-state index in [4.69, 9.17) is 9.29 Å². The van der Waals surface area contributed by atoms with Crippen LogP contribution >= 0.6 is 0 Å². The Bertz CT molecular complexity index is 426. The molecule has 0 saturated heterocycles. The molecule has 20 heavy (non-hydrogen) atoms. The van der Waals surface area contributed by atoms with Crippen molar-refractivity contribution in [2.75, 3.05) is 12.3 Å². The summed E-state index contributed by atoms with van der Waals surface area (Å²) in [5.74, 6) is -1.19. The fourth-order valence-corrected chi connectivity index (χ4v) is 2.97. The predicted octanol–water partition coefficient (Wildman–Crippen LogP) is 1.28. The molecule has 116 valence electrons. The average Bonchev–Trinajstić information content (AvgIpc) is 2.36. The Morgan fingerprint density at radius 2 is 2.05 bits per heavy atom. The summed E-state index contributed by atoms with van der Waals surface area (Å²) in [7, 11) is -4.18. The van der Waals surface area contributed by atoms with Crippen molar-refractivity contribution >= 4 is 16.1 Å². The van der Waals surface area contributed by atoms with E-state index in [1.165, 1.54) is 18.6 Å². The van der Waals surface area contributed by atoms with Crippen molar-refractivity contribution in [1.29, 1.82) is 0 Å². The molecular weight excluding hydrogens is 282 g/mol. The zero-order valence-electron chi connectivity index (χ0n) is 11.7. The minimum atomic E-state index is -4.18. The smallest absolute Gasteiger partial charge is 0.330 e. The first kappa shape index (κ1) is 17.1. The largest absolute Gasteiger partial charge is 0.457 e. The van der Waals surface area contributed by atoms with Gasteiger partial charge < -0.3 is 10.1 Å². The molecule has 0 aromatic carbocycles.